The molecule has 4 rings (SSSR count). The molecule has 1 aromatic carbocycles. The van der Waals surface area contributed by atoms with Gasteiger partial charge >= 0.3 is 6.18 Å². The summed E-state index contributed by atoms with van der Waals surface area (Å²) in [6.07, 6.45) is -0.439. The van der Waals surface area contributed by atoms with Crippen LogP contribution in [0, 0.1) is 0 Å². The number of alkyl halides is 3. The molecule has 0 aliphatic heterocycles. The molecule has 0 aliphatic carbocycles. The van der Waals surface area contributed by atoms with Crippen LogP contribution in [0.25, 0.3) is 16.6 Å². The molecular formula is C20H16BF3N6O2. The van der Waals surface area contributed by atoms with Crippen LogP contribution in [-0.2, 0) is 17.4 Å². The van der Waals surface area contributed by atoms with Crippen molar-refractivity contribution in [3.05, 3.63) is 58.3 Å². The first-order valence-corrected chi connectivity index (χ1v) is 9.55. The number of aromatic nitrogens is 5. The van der Waals surface area contributed by atoms with E-state index in [0.717, 1.165) is 18.2 Å². The SMILES string of the molecule is [B]c1cn2cc(NC(=O)Cc3nn(C(C)C)c4cc(C(F)(F)F)ccc4c3=O)nc2cn1. The third-order valence-electron chi connectivity index (χ3n) is 4.75. The predicted octanol–water partition coefficient (Wildman–Crippen LogP) is 2.01. The zero-order valence-corrected chi connectivity index (χ0v) is 17.0. The van der Waals surface area contributed by atoms with Crippen LogP contribution in [0.2, 0.25) is 0 Å². The summed E-state index contributed by atoms with van der Waals surface area (Å²) in [4.78, 5) is 33.5. The molecule has 8 nitrogen and oxygen atoms in total. The van der Waals surface area contributed by atoms with Crippen molar-refractivity contribution < 1.29 is 18.0 Å². The van der Waals surface area contributed by atoms with Crippen molar-refractivity contribution in [2.45, 2.75) is 32.5 Å². The van der Waals surface area contributed by atoms with Gasteiger partial charge < -0.3 is 9.72 Å². The molecule has 3 heterocycles. The highest BCUT2D eigenvalue weighted by Gasteiger charge is 2.31. The maximum Gasteiger partial charge on any atom is 0.416 e. The molecule has 0 aliphatic rings. The molecule has 0 spiro atoms. The van der Waals surface area contributed by atoms with E-state index < -0.39 is 23.1 Å². The highest BCUT2D eigenvalue weighted by Crippen LogP contribution is 2.31. The molecule has 1 amide bonds. The predicted molar refractivity (Wildman–Crippen MR) is 112 cm³/mol. The number of imidazole rings is 1. The number of hydrogen-bond donors (Lipinski definition) is 1. The molecular weight excluding hydrogens is 424 g/mol. The van der Waals surface area contributed by atoms with Crippen molar-refractivity contribution in [2.24, 2.45) is 0 Å². The smallest absolute Gasteiger partial charge is 0.309 e. The molecule has 0 bridgehead atoms. The Labute approximate surface area is 180 Å². The Bertz CT molecular complexity index is 1410. The van der Waals surface area contributed by atoms with E-state index >= 15 is 0 Å². The van der Waals surface area contributed by atoms with Crippen LogP contribution in [0.3, 0.4) is 0 Å². The fourth-order valence-corrected chi connectivity index (χ4v) is 3.30. The monoisotopic (exact) mass is 440 g/mol. The van der Waals surface area contributed by atoms with Crippen LogP contribution in [0.5, 0.6) is 0 Å². The molecule has 4 aromatic rings. The second kappa shape index (κ2) is 7.77. The van der Waals surface area contributed by atoms with Crippen molar-refractivity contribution in [3.8, 4) is 0 Å². The summed E-state index contributed by atoms with van der Waals surface area (Å²) in [5, 5.41) is 6.81. The maximum atomic E-state index is 13.1. The number of carbonyl (C=O) groups is 1. The lowest BCUT2D eigenvalue weighted by atomic mass is 10.1. The van der Waals surface area contributed by atoms with Gasteiger partial charge in [0.1, 0.15) is 13.5 Å². The number of nitrogens with one attached hydrogen (secondary N) is 1. The van der Waals surface area contributed by atoms with Crippen molar-refractivity contribution in [1.82, 2.24) is 24.1 Å². The standard InChI is InChI=1S/C20H16BF3N6O2/c1-10(2)30-14-5-11(20(22,23)24)3-4-12(14)19(32)13(28-30)6-18(31)27-16-9-29-8-15(21)25-7-17(29)26-16/h3-5,7-10H,6H2,1-2H3,(H,27,31). The zero-order valence-electron chi connectivity index (χ0n) is 17.0. The van der Waals surface area contributed by atoms with Gasteiger partial charge in [-0.3, -0.25) is 19.3 Å². The maximum absolute atomic E-state index is 13.1. The van der Waals surface area contributed by atoms with Crippen LogP contribution in [-0.4, -0.2) is 37.9 Å². The fourth-order valence-electron chi connectivity index (χ4n) is 3.30. The molecule has 0 saturated heterocycles. The lowest BCUT2D eigenvalue weighted by molar-refractivity contribution is -0.137. The summed E-state index contributed by atoms with van der Waals surface area (Å²) in [5.74, 6) is -0.331. The van der Waals surface area contributed by atoms with E-state index in [9.17, 15) is 22.8 Å². The number of carbonyl (C=O) groups excluding carboxylic acids is 1. The molecule has 1 N–H and O–H groups in total. The number of nitrogens with zero attached hydrogens (tertiary/aromatic N) is 5. The lowest BCUT2D eigenvalue weighted by Crippen LogP contribution is -2.25. The fraction of sp³-hybridized carbons (Fsp3) is 0.250. The summed E-state index contributed by atoms with van der Waals surface area (Å²) in [6, 6.07) is 2.50. The Balaban J connectivity index is 1.68. The number of amides is 1. The first kappa shape index (κ1) is 21.5. The van der Waals surface area contributed by atoms with Crippen molar-refractivity contribution >= 4 is 41.7 Å². The van der Waals surface area contributed by atoms with Crippen LogP contribution in [0.15, 0.2) is 41.6 Å². The first-order chi connectivity index (χ1) is 15.0. The van der Waals surface area contributed by atoms with Crippen molar-refractivity contribution in [2.75, 3.05) is 5.32 Å². The summed E-state index contributed by atoms with van der Waals surface area (Å²) >= 11 is 0. The molecule has 162 valence electrons. The minimum Gasteiger partial charge on any atom is -0.309 e. The Morgan fingerprint density at radius 2 is 2.00 bits per heavy atom. The molecule has 0 atom stereocenters. The Kier molecular flexibility index (Phi) is 5.23. The highest BCUT2D eigenvalue weighted by atomic mass is 19.4. The van der Waals surface area contributed by atoms with Gasteiger partial charge in [-0.25, -0.2) is 4.98 Å². The average molecular weight is 440 g/mol. The summed E-state index contributed by atoms with van der Waals surface area (Å²) in [7, 11) is 5.62. The number of benzene rings is 1. The highest BCUT2D eigenvalue weighted by molar-refractivity contribution is 6.30. The van der Waals surface area contributed by atoms with E-state index in [1.807, 2.05) is 0 Å². The van der Waals surface area contributed by atoms with Crippen LogP contribution >= 0.6 is 0 Å². The van der Waals surface area contributed by atoms with Crippen LogP contribution in [0.4, 0.5) is 19.0 Å². The van der Waals surface area contributed by atoms with E-state index in [1.165, 1.54) is 23.3 Å². The van der Waals surface area contributed by atoms with Gasteiger partial charge in [-0.2, -0.15) is 18.3 Å². The molecule has 32 heavy (non-hydrogen) atoms. The zero-order chi connectivity index (χ0) is 23.2. The van der Waals surface area contributed by atoms with Gasteiger partial charge in [0.05, 0.1) is 29.9 Å². The van der Waals surface area contributed by atoms with E-state index in [1.54, 1.807) is 18.2 Å². The minimum atomic E-state index is -4.56. The lowest BCUT2D eigenvalue weighted by Gasteiger charge is -2.16. The Morgan fingerprint density at radius 1 is 1.25 bits per heavy atom. The number of rotatable bonds is 4. The second-order valence-electron chi connectivity index (χ2n) is 7.47. The van der Waals surface area contributed by atoms with E-state index in [2.05, 4.69) is 20.4 Å². The van der Waals surface area contributed by atoms with Gasteiger partial charge in [-0.1, -0.05) is 0 Å². The number of hydrogen-bond acceptors (Lipinski definition) is 5. The third-order valence-corrected chi connectivity index (χ3v) is 4.75. The van der Waals surface area contributed by atoms with E-state index in [4.69, 9.17) is 7.85 Å². The number of anilines is 1. The quantitative estimate of drug-likeness (QED) is 0.490. The minimum absolute atomic E-state index is 0.0504. The van der Waals surface area contributed by atoms with Gasteiger partial charge in [0.25, 0.3) is 0 Å². The topological polar surface area (TPSA) is 94.2 Å². The molecule has 12 heteroatoms. The number of fused-ring (bicyclic) bond motifs is 2. The van der Waals surface area contributed by atoms with Gasteiger partial charge in [-0.05, 0) is 32.0 Å². The van der Waals surface area contributed by atoms with Crippen molar-refractivity contribution in [1.29, 1.82) is 0 Å². The number of halogens is 3. The summed E-state index contributed by atoms with van der Waals surface area (Å²) in [5.41, 5.74) is -0.787. The molecule has 3 aromatic heterocycles. The van der Waals surface area contributed by atoms with Gasteiger partial charge in [0.2, 0.25) is 11.3 Å². The average Bonchev–Trinajstić information content (AvgIpc) is 3.09. The normalized spacial score (nSPS) is 12.1. The summed E-state index contributed by atoms with van der Waals surface area (Å²) < 4.78 is 42.3. The Morgan fingerprint density at radius 3 is 2.69 bits per heavy atom. The first-order valence-electron chi connectivity index (χ1n) is 9.55. The van der Waals surface area contributed by atoms with Gasteiger partial charge in [-0.15, -0.1) is 0 Å². The van der Waals surface area contributed by atoms with E-state index in [-0.39, 0.29) is 40.5 Å². The van der Waals surface area contributed by atoms with Crippen LogP contribution in [0.1, 0.15) is 31.1 Å². The summed E-state index contributed by atoms with van der Waals surface area (Å²) in [6.45, 7) is 3.44. The molecule has 0 saturated carbocycles. The van der Waals surface area contributed by atoms with Gasteiger partial charge in [0, 0.05) is 23.2 Å². The largest absolute Gasteiger partial charge is 0.416 e. The molecule has 0 fully saturated rings. The molecule has 0 unspecified atom stereocenters. The Hall–Kier alpha value is -3.70. The van der Waals surface area contributed by atoms with Crippen LogP contribution < -0.4 is 16.3 Å². The molecule has 2 radical (unpaired) electrons. The third kappa shape index (κ3) is 4.07. The second-order valence-corrected chi connectivity index (χ2v) is 7.47. The van der Waals surface area contributed by atoms with Gasteiger partial charge in [0.15, 0.2) is 11.5 Å². The van der Waals surface area contributed by atoms with E-state index in [0.29, 0.717) is 5.65 Å². The van der Waals surface area contributed by atoms with Crippen molar-refractivity contribution in [3.63, 3.8) is 0 Å².